The summed E-state index contributed by atoms with van der Waals surface area (Å²) in [4.78, 5) is 34.0. The number of aliphatic hydroxyl groups is 2. The maximum atomic E-state index is 15.3. The largest absolute Gasteiger partial charge is 0.459 e. The number of benzene rings is 6. The molecule has 9 rings (SSSR count). The van der Waals surface area contributed by atoms with Crippen molar-refractivity contribution >= 4 is 39.0 Å². The molecule has 1 fully saturated rings. The number of hydrogen-bond donors (Lipinski definition) is 2. The molecular formula is C57H59N3O10. The van der Waals surface area contributed by atoms with E-state index in [4.69, 9.17) is 28.9 Å². The van der Waals surface area contributed by atoms with E-state index >= 15 is 4.79 Å². The molecule has 6 aromatic rings. The first kappa shape index (κ1) is 48.0. The van der Waals surface area contributed by atoms with Crippen molar-refractivity contribution in [2.24, 2.45) is 22.9 Å². The van der Waals surface area contributed by atoms with Gasteiger partial charge in [0.1, 0.15) is 35.6 Å². The molecule has 3 aliphatic rings. The number of nitro benzene ring substituents is 1. The molecule has 0 saturated heterocycles. The molecule has 2 aliphatic carbocycles. The Labute approximate surface area is 407 Å². The number of fused-ring (bicyclic) bond motifs is 4. The molecule has 1 aliphatic heterocycles. The molecule has 1 heterocycles. The van der Waals surface area contributed by atoms with Crippen molar-refractivity contribution in [2.45, 2.75) is 76.2 Å². The van der Waals surface area contributed by atoms with Gasteiger partial charge in [-0.25, -0.2) is 4.79 Å². The Morgan fingerprint density at radius 3 is 2.31 bits per heavy atom. The van der Waals surface area contributed by atoms with Gasteiger partial charge in [0, 0.05) is 43.2 Å². The molecular weight excluding hydrogens is 887 g/mol. The summed E-state index contributed by atoms with van der Waals surface area (Å²) < 4.78 is 27.6. The normalized spacial score (nSPS) is 21.8. The van der Waals surface area contributed by atoms with Gasteiger partial charge in [-0.15, -0.1) is 6.58 Å². The lowest BCUT2D eigenvalue weighted by atomic mass is 9.55. The van der Waals surface area contributed by atoms with Crippen LogP contribution in [0.1, 0.15) is 68.9 Å². The number of nitrogens with zero attached hydrogens (tertiary/aromatic N) is 3. The van der Waals surface area contributed by atoms with Crippen LogP contribution in [0.3, 0.4) is 0 Å². The Bertz CT molecular complexity index is 2900. The van der Waals surface area contributed by atoms with Crippen LogP contribution in [-0.4, -0.2) is 70.1 Å². The standard InChI is InChI=1S/C57H59N3O10/c1-3-32-66-57-53(59(37-42-19-13-18-39-15-7-8-20-47(39)42)56(63)69-44-26-23-43(24-27-44)60(64)65)36-51(58-67-4-2)49-34-41(17-9-11-30-61)48(21-10-12-31-62)54(55(49)57)50-35-46(28-29-52(50)70-57)68-45-25-22-38-14-5-6-16-40(38)33-45/h3,5-8,13-16,18-20,22-29,33-35,41,48,53-55,61-62H,1,4,9-12,17,21,30-32,36-37H2,2H3/t41-,48+,53-,54+,55+,57+/m0/s1. The maximum Gasteiger partial charge on any atom is 0.416 e. The van der Waals surface area contributed by atoms with Crippen LogP contribution in [-0.2, 0) is 16.1 Å². The van der Waals surface area contributed by atoms with Gasteiger partial charge in [-0.1, -0.05) is 103 Å². The summed E-state index contributed by atoms with van der Waals surface area (Å²) in [5.74, 6) is -0.444. The third-order valence-corrected chi connectivity index (χ3v) is 14.0. The van der Waals surface area contributed by atoms with E-state index in [2.05, 4.69) is 30.9 Å². The summed E-state index contributed by atoms with van der Waals surface area (Å²) >= 11 is 0. The van der Waals surface area contributed by atoms with Gasteiger partial charge < -0.3 is 34.0 Å². The molecule has 362 valence electrons. The molecule has 13 nitrogen and oxygen atoms in total. The lowest BCUT2D eigenvalue weighted by Crippen LogP contribution is -2.70. The zero-order chi connectivity index (χ0) is 48.6. The summed E-state index contributed by atoms with van der Waals surface area (Å²) in [5, 5.41) is 40.6. The van der Waals surface area contributed by atoms with Gasteiger partial charge in [0.2, 0.25) is 5.79 Å². The number of allylic oxidation sites excluding steroid dienone is 1. The highest BCUT2D eigenvalue weighted by molar-refractivity contribution is 6.03. The number of ether oxygens (including phenoxy) is 4. The Hall–Kier alpha value is -7.06. The van der Waals surface area contributed by atoms with Crippen molar-refractivity contribution < 1.29 is 43.7 Å². The number of carbonyl (C=O) groups is 1. The number of unbranched alkanes of at least 4 members (excludes halogenated alkanes) is 2. The minimum atomic E-state index is -1.58. The van der Waals surface area contributed by atoms with Crippen LogP contribution in [0.25, 0.3) is 21.5 Å². The Morgan fingerprint density at radius 2 is 1.56 bits per heavy atom. The van der Waals surface area contributed by atoms with Gasteiger partial charge in [0.25, 0.3) is 5.69 Å². The number of oxime groups is 1. The highest BCUT2D eigenvalue weighted by Crippen LogP contribution is 2.62. The van der Waals surface area contributed by atoms with Crippen molar-refractivity contribution in [3.8, 4) is 23.0 Å². The number of amides is 1. The molecule has 13 heteroatoms. The first-order valence-electron chi connectivity index (χ1n) is 24.3. The van der Waals surface area contributed by atoms with Crippen molar-refractivity contribution in [2.75, 3.05) is 26.4 Å². The summed E-state index contributed by atoms with van der Waals surface area (Å²) in [6.07, 6.45) is 7.76. The maximum absolute atomic E-state index is 15.3. The molecule has 6 aromatic carbocycles. The van der Waals surface area contributed by atoms with E-state index in [1.807, 2.05) is 91.9 Å². The molecule has 2 N–H and O–H groups in total. The van der Waals surface area contributed by atoms with Crippen LogP contribution < -0.4 is 14.2 Å². The highest BCUT2D eigenvalue weighted by Gasteiger charge is 2.66. The Balaban J connectivity index is 1.25. The topological polar surface area (TPSA) is 162 Å². The summed E-state index contributed by atoms with van der Waals surface area (Å²) in [7, 11) is 0. The van der Waals surface area contributed by atoms with E-state index in [1.54, 1.807) is 11.0 Å². The van der Waals surface area contributed by atoms with Crippen molar-refractivity contribution in [1.29, 1.82) is 0 Å². The third-order valence-electron chi connectivity index (χ3n) is 14.0. The molecule has 0 spiro atoms. The summed E-state index contributed by atoms with van der Waals surface area (Å²) in [5.41, 5.74) is 3.16. The minimum absolute atomic E-state index is 0.0186. The number of nitro groups is 1. The number of non-ortho nitro benzene ring substituents is 1. The van der Waals surface area contributed by atoms with Gasteiger partial charge >= 0.3 is 6.09 Å². The van der Waals surface area contributed by atoms with Crippen molar-refractivity contribution in [1.82, 2.24) is 4.90 Å². The second-order valence-corrected chi connectivity index (χ2v) is 18.2. The van der Waals surface area contributed by atoms with Crippen LogP contribution in [0.4, 0.5) is 10.5 Å². The average molecular weight is 946 g/mol. The van der Waals surface area contributed by atoms with Crippen LogP contribution in [0.5, 0.6) is 23.0 Å². The second kappa shape index (κ2) is 21.7. The number of aliphatic hydroxyl groups excluding tert-OH is 2. The first-order valence-corrected chi connectivity index (χ1v) is 24.3. The van der Waals surface area contributed by atoms with Gasteiger partial charge in [-0.3, -0.25) is 15.0 Å². The van der Waals surface area contributed by atoms with Gasteiger partial charge in [0.05, 0.1) is 29.7 Å². The molecule has 0 unspecified atom stereocenters. The van der Waals surface area contributed by atoms with E-state index in [0.29, 0.717) is 42.4 Å². The van der Waals surface area contributed by atoms with Crippen LogP contribution in [0.15, 0.2) is 157 Å². The third kappa shape index (κ3) is 9.87. The van der Waals surface area contributed by atoms with Gasteiger partial charge in [-0.2, -0.15) is 0 Å². The molecule has 0 bridgehead atoms. The smallest absolute Gasteiger partial charge is 0.416 e. The van der Waals surface area contributed by atoms with Crippen LogP contribution >= 0.6 is 0 Å². The summed E-state index contributed by atoms with van der Waals surface area (Å²) in [6.45, 7) is 6.51. The monoisotopic (exact) mass is 945 g/mol. The van der Waals surface area contributed by atoms with Crippen LogP contribution in [0.2, 0.25) is 0 Å². The minimum Gasteiger partial charge on any atom is -0.459 e. The van der Waals surface area contributed by atoms with E-state index < -0.39 is 28.8 Å². The van der Waals surface area contributed by atoms with Gasteiger partial charge in [0.15, 0.2) is 0 Å². The molecule has 70 heavy (non-hydrogen) atoms. The predicted octanol–water partition coefficient (Wildman–Crippen LogP) is 12.0. The number of hydrogen-bond acceptors (Lipinski definition) is 11. The fourth-order valence-corrected chi connectivity index (χ4v) is 10.9. The van der Waals surface area contributed by atoms with E-state index in [1.165, 1.54) is 24.3 Å². The average Bonchev–Trinajstić information content (AvgIpc) is 3.38. The lowest BCUT2D eigenvalue weighted by Gasteiger charge is -2.59. The lowest BCUT2D eigenvalue weighted by molar-refractivity contribution is -0.384. The zero-order valence-corrected chi connectivity index (χ0v) is 39.4. The Morgan fingerprint density at radius 1 is 0.857 bits per heavy atom. The van der Waals surface area contributed by atoms with E-state index in [0.717, 1.165) is 63.9 Å². The first-order chi connectivity index (χ1) is 34.2. The highest BCUT2D eigenvalue weighted by atomic mass is 16.7. The molecule has 1 amide bonds. The number of carbonyl (C=O) groups excluding carboxylic acids is 1. The Kier molecular flexibility index (Phi) is 14.9. The van der Waals surface area contributed by atoms with E-state index in [9.17, 15) is 20.3 Å². The SMILES string of the molecule is C=CCO[C@@]12Oc3ccc(Oc4ccc5ccccc5c4)cc3[C@H]3[C@H](CCCCO)[C@@H](CCCCO)C=C(C(=NOCC)C[C@@H]1N(Cc1cccc4ccccc14)C(=O)Oc1ccc([N+](=O)[O-])cc1)[C@H]32. The fraction of sp³-hybridized carbons (Fsp3) is 0.333. The van der Waals surface area contributed by atoms with Gasteiger partial charge in [-0.05, 0) is 120 Å². The molecule has 6 atom stereocenters. The van der Waals surface area contributed by atoms with Crippen molar-refractivity contribution in [3.05, 3.63) is 173 Å². The summed E-state index contributed by atoms with van der Waals surface area (Å²) in [6, 6.07) is 38.5. The predicted molar refractivity (Wildman–Crippen MR) is 269 cm³/mol. The molecule has 0 aromatic heterocycles. The second-order valence-electron chi connectivity index (χ2n) is 18.2. The molecule has 1 saturated carbocycles. The fourth-order valence-electron chi connectivity index (χ4n) is 10.9. The zero-order valence-electron chi connectivity index (χ0n) is 39.4. The quantitative estimate of drug-likeness (QED) is 0.0326. The molecule has 0 radical (unpaired) electrons. The van der Waals surface area contributed by atoms with Crippen LogP contribution in [0, 0.1) is 27.9 Å². The van der Waals surface area contributed by atoms with Crippen molar-refractivity contribution in [3.63, 3.8) is 0 Å². The number of rotatable bonds is 20. The van der Waals surface area contributed by atoms with E-state index in [-0.39, 0.29) is 62.0 Å².